The van der Waals surface area contributed by atoms with Crippen molar-refractivity contribution in [2.75, 3.05) is 6.54 Å². The Kier molecular flexibility index (Phi) is 3.49. The zero-order valence-corrected chi connectivity index (χ0v) is 9.65. The van der Waals surface area contributed by atoms with Crippen molar-refractivity contribution in [1.29, 1.82) is 0 Å². The number of hydrogen-bond acceptors (Lipinski definition) is 3. The van der Waals surface area contributed by atoms with E-state index in [1.807, 2.05) is 25.1 Å². The molecule has 0 aliphatic heterocycles. The van der Waals surface area contributed by atoms with Crippen LogP contribution in [-0.4, -0.2) is 32.0 Å². The van der Waals surface area contributed by atoms with Crippen LogP contribution in [0.4, 0.5) is 4.79 Å². The predicted octanol–water partition coefficient (Wildman–Crippen LogP) is 1.77. The zero-order chi connectivity index (χ0) is 12.1. The molecule has 5 heteroatoms. The molecule has 88 valence electrons. The summed E-state index contributed by atoms with van der Waals surface area (Å²) in [5, 5.41) is 0. The van der Waals surface area contributed by atoms with Gasteiger partial charge in [0.2, 0.25) is 0 Å². The number of imidazole rings is 1. The highest BCUT2D eigenvalue weighted by atomic mass is 16.2. The Morgan fingerprint density at radius 1 is 1.41 bits per heavy atom. The van der Waals surface area contributed by atoms with Crippen LogP contribution in [0.3, 0.4) is 0 Å². The quantitative estimate of drug-likeness (QED) is 0.807. The maximum absolute atomic E-state index is 12.1. The number of nitrogens with zero attached hydrogens (tertiary/aromatic N) is 4. The lowest BCUT2D eigenvalue weighted by Gasteiger charge is -2.20. The van der Waals surface area contributed by atoms with Gasteiger partial charge < -0.3 is 4.90 Å². The van der Waals surface area contributed by atoms with Gasteiger partial charge in [0, 0.05) is 25.1 Å². The molecule has 0 aliphatic rings. The smallest absolute Gasteiger partial charge is 0.318 e. The van der Waals surface area contributed by atoms with Crippen LogP contribution in [0.15, 0.2) is 43.1 Å². The third kappa shape index (κ3) is 2.69. The molecule has 0 fully saturated rings. The van der Waals surface area contributed by atoms with Crippen LogP contribution in [0, 0.1) is 0 Å². The van der Waals surface area contributed by atoms with Gasteiger partial charge in [-0.1, -0.05) is 6.07 Å². The van der Waals surface area contributed by atoms with Gasteiger partial charge >= 0.3 is 6.03 Å². The van der Waals surface area contributed by atoms with Crippen molar-refractivity contribution in [1.82, 2.24) is 19.4 Å². The molecule has 0 aliphatic carbocycles. The van der Waals surface area contributed by atoms with E-state index in [9.17, 15) is 4.79 Å². The second-order valence-corrected chi connectivity index (χ2v) is 3.59. The van der Waals surface area contributed by atoms with E-state index in [1.54, 1.807) is 23.5 Å². The van der Waals surface area contributed by atoms with E-state index >= 15 is 0 Å². The number of pyridine rings is 1. The molecule has 0 aromatic carbocycles. The van der Waals surface area contributed by atoms with Crippen molar-refractivity contribution < 1.29 is 4.79 Å². The molecule has 2 heterocycles. The molecule has 1 amide bonds. The second-order valence-electron chi connectivity index (χ2n) is 3.59. The third-order valence-electron chi connectivity index (χ3n) is 2.46. The van der Waals surface area contributed by atoms with E-state index < -0.39 is 0 Å². The van der Waals surface area contributed by atoms with Crippen molar-refractivity contribution in [3.63, 3.8) is 0 Å². The van der Waals surface area contributed by atoms with Crippen LogP contribution < -0.4 is 0 Å². The van der Waals surface area contributed by atoms with Gasteiger partial charge in [0.25, 0.3) is 0 Å². The van der Waals surface area contributed by atoms with Gasteiger partial charge in [-0.05, 0) is 19.1 Å². The molecule has 0 radical (unpaired) electrons. The van der Waals surface area contributed by atoms with Crippen LogP contribution in [0.1, 0.15) is 12.6 Å². The summed E-state index contributed by atoms with van der Waals surface area (Å²) >= 11 is 0. The summed E-state index contributed by atoms with van der Waals surface area (Å²) < 4.78 is 1.46. The van der Waals surface area contributed by atoms with Crippen molar-refractivity contribution in [3.8, 4) is 0 Å². The van der Waals surface area contributed by atoms with Crippen molar-refractivity contribution >= 4 is 6.03 Å². The van der Waals surface area contributed by atoms with E-state index in [4.69, 9.17) is 0 Å². The molecule has 17 heavy (non-hydrogen) atoms. The molecule has 0 saturated heterocycles. The number of carbonyl (C=O) groups excluding carboxylic acids is 1. The fourth-order valence-corrected chi connectivity index (χ4v) is 1.54. The molecule has 0 atom stereocenters. The summed E-state index contributed by atoms with van der Waals surface area (Å²) in [6, 6.07) is 5.59. The van der Waals surface area contributed by atoms with Gasteiger partial charge in [-0.15, -0.1) is 0 Å². The minimum atomic E-state index is -0.0874. The van der Waals surface area contributed by atoms with Crippen LogP contribution >= 0.6 is 0 Å². The molecule has 0 unspecified atom stereocenters. The lowest BCUT2D eigenvalue weighted by molar-refractivity contribution is 0.199. The molecular formula is C12H14N4O. The first-order valence-electron chi connectivity index (χ1n) is 5.48. The third-order valence-corrected chi connectivity index (χ3v) is 2.46. The van der Waals surface area contributed by atoms with Gasteiger partial charge in [0.15, 0.2) is 0 Å². The van der Waals surface area contributed by atoms with E-state index in [2.05, 4.69) is 9.97 Å². The first kappa shape index (κ1) is 11.3. The number of rotatable bonds is 3. The normalized spacial score (nSPS) is 10.2. The molecule has 2 aromatic rings. The highest BCUT2D eigenvalue weighted by molar-refractivity contribution is 5.76. The molecule has 2 aromatic heterocycles. The Morgan fingerprint density at radius 3 is 2.88 bits per heavy atom. The lowest BCUT2D eigenvalue weighted by atomic mass is 10.3. The Morgan fingerprint density at radius 2 is 2.29 bits per heavy atom. The fraction of sp³-hybridized carbons (Fsp3) is 0.250. The average Bonchev–Trinajstić information content (AvgIpc) is 2.90. The van der Waals surface area contributed by atoms with Gasteiger partial charge in [-0.2, -0.15) is 0 Å². The van der Waals surface area contributed by atoms with E-state index in [0.717, 1.165) is 5.69 Å². The van der Waals surface area contributed by atoms with Gasteiger partial charge in [0.05, 0.1) is 12.2 Å². The number of aromatic nitrogens is 3. The monoisotopic (exact) mass is 230 g/mol. The van der Waals surface area contributed by atoms with Crippen LogP contribution in [0.25, 0.3) is 0 Å². The van der Waals surface area contributed by atoms with E-state index in [1.165, 1.54) is 10.9 Å². The Balaban J connectivity index is 2.10. The second kappa shape index (κ2) is 5.25. The lowest BCUT2D eigenvalue weighted by Crippen LogP contribution is -2.33. The summed E-state index contributed by atoms with van der Waals surface area (Å²) in [5.41, 5.74) is 0.878. The summed E-state index contributed by atoms with van der Waals surface area (Å²) in [7, 11) is 0. The summed E-state index contributed by atoms with van der Waals surface area (Å²) in [6.07, 6.45) is 6.46. The minimum absolute atomic E-state index is 0.0874. The fourth-order valence-electron chi connectivity index (χ4n) is 1.54. The molecule has 0 bridgehead atoms. The average molecular weight is 230 g/mol. The molecule has 0 saturated carbocycles. The standard InChI is InChI=1S/C12H14N4O/c1-2-15(9-11-5-3-4-6-14-11)12(17)16-8-7-13-10-16/h3-8,10H,2,9H2,1H3. The van der Waals surface area contributed by atoms with Crippen molar-refractivity contribution in [2.24, 2.45) is 0 Å². The molecule has 2 rings (SSSR count). The molecule has 0 spiro atoms. The van der Waals surface area contributed by atoms with E-state index in [-0.39, 0.29) is 6.03 Å². The summed E-state index contributed by atoms with van der Waals surface area (Å²) in [4.78, 5) is 21.9. The minimum Gasteiger partial charge on any atom is -0.318 e. The Hall–Kier alpha value is -2.17. The first-order chi connectivity index (χ1) is 8.31. The zero-order valence-electron chi connectivity index (χ0n) is 9.65. The Bertz CT molecular complexity index is 467. The summed E-state index contributed by atoms with van der Waals surface area (Å²) in [6.45, 7) is 3.08. The van der Waals surface area contributed by atoms with E-state index in [0.29, 0.717) is 13.1 Å². The highest BCUT2D eigenvalue weighted by Gasteiger charge is 2.13. The maximum Gasteiger partial charge on any atom is 0.329 e. The number of carbonyl (C=O) groups is 1. The Labute approximate surface area is 99.7 Å². The largest absolute Gasteiger partial charge is 0.329 e. The SMILES string of the molecule is CCN(Cc1ccccn1)C(=O)n1ccnc1. The van der Waals surface area contributed by atoms with Crippen molar-refractivity contribution in [3.05, 3.63) is 48.8 Å². The first-order valence-corrected chi connectivity index (χ1v) is 5.48. The maximum atomic E-state index is 12.1. The molecule has 5 nitrogen and oxygen atoms in total. The molecular weight excluding hydrogens is 216 g/mol. The highest BCUT2D eigenvalue weighted by Crippen LogP contribution is 2.03. The van der Waals surface area contributed by atoms with Gasteiger partial charge in [-0.3, -0.25) is 9.55 Å². The van der Waals surface area contributed by atoms with Crippen LogP contribution in [0.2, 0.25) is 0 Å². The topological polar surface area (TPSA) is 51.0 Å². The van der Waals surface area contributed by atoms with Gasteiger partial charge in [-0.25, -0.2) is 9.78 Å². The van der Waals surface area contributed by atoms with Crippen molar-refractivity contribution in [2.45, 2.75) is 13.5 Å². The van der Waals surface area contributed by atoms with Gasteiger partial charge in [0.1, 0.15) is 6.33 Å². The van der Waals surface area contributed by atoms with Crippen LogP contribution in [0.5, 0.6) is 0 Å². The number of amides is 1. The number of hydrogen-bond donors (Lipinski definition) is 0. The molecule has 0 N–H and O–H groups in total. The summed E-state index contributed by atoms with van der Waals surface area (Å²) in [5.74, 6) is 0. The van der Waals surface area contributed by atoms with Crippen LogP contribution in [-0.2, 0) is 6.54 Å². The predicted molar refractivity (Wildman–Crippen MR) is 63.3 cm³/mol.